The van der Waals surface area contributed by atoms with Gasteiger partial charge in [0.15, 0.2) is 12.2 Å². The van der Waals surface area contributed by atoms with Crippen molar-refractivity contribution >= 4 is 39.5 Å². The van der Waals surface area contributed by atoms with Gasteiger partial charge in [0.1, 0.15) is 19.3 Å². The Kier molecular flexibility index (Phi) is 51.1. The van der Waals surface area contributed by atoms with Crippen molar-refractivity contribution in [1.82, 2.24) is 0 Å². The van der Waals surface area contributed by atoms with Gasteiger partial charge in [-0.25, -0.2) is 9.13 Å². The third-order valence-electron chi connectivity index (χ3n) is 14.4. The Morgan fingerprint density at radius 2 is 0.593 bits per heavy atom. The van der Waals surface area contributed by atoms with Crippen LogP contribution in [0.15, 0.2) is 0 Å². The normalized spacial score (nSPS) is 14.8. The number of rotatable bonds is 59. The molecule has 0 bridgehead atoms. The Balaban J connectivity index is 5.24. The monoisotopic (exact) mass is 1200 g/mol. The van der Waals surface area contributed by atoms with Gasteiger partial charge in [-0.2, -0.15) is 0 Å². The molecule has 0 aliphatic heterocycles. The lowest BCUT2D eigenvalue weighted by Crippen LogP contribution is -2.30. The molecule has 0 aromatic heterocycles. The van der Waals surface area contributed by atoms with Crippen molar-refractivity contribution in [2.24, 2.45) is 23.7 Å². The second-order valence-corrected chi connectivity index (χ2v) is 27.0. The molecule has 19 heteroatoms. The summed E-state index contributed by atoms with van der Waals surface area (Å²) in [7, 11) is -9.88. The van der Waals surface area contributed by atoms with E-state index < -0.39 is 97.5 Å². The highest BCUT2D eigenvalue weighted by molar-refractivity contribution is 7.47. The zero-order chi connectivity index (χ0) is 60.4. The summed E-state index contributed by atoms with van der Waals surface area (Å²) in [6, 6.07) is 0. The molecule has 0 aliphatic rings. The van der Waals surface area contributed by atoms with Crippen LogP contribution in [0.25, 0.3) is 0 Å². The molecule has 0 radical (unpaired) electrons. The standard InChI is InChI=1S/C62H120O17P2/c1-9-55(8)41-33-25-16-10-11-17-26-34-42-59(64)72-49-58(79-62(67)45-37-29-21-20-24-32-40-54(6)7)51-77-81(70,71)75-47-56(63)46-74-80(68,69)76-50-57(78-61(66)44-36-28-19-13-15-23-31-39-53(4)5)48-73-60(65)43-35-27-18-12-14-22-30-38-52(2)3/h52-58,63H,9-51H2,1-8H3,(H,68,69)(H,70,71)/t55?,56?,57-,58-/m1/s1. The Labute approximate surface area is 492 Å². The Hall–Kier alpha value is -1.94. The molecule has 0 aromatic carbocycles. The summed E-state index contributed by atoms with van der Waals surface area (Å²) in [4.78, 5) is 72.1. The molecule has 0 saturated carbocycles. The first-order chi connectivity index (χ1) is 38.6. The van der Waals surface area contributed by atoms with Crippen LogP contribution in [0.3, 0.4) is 0 Å². The molecule has 6 atom stereocenters. The molecule has 0 spiro atoms. The highest BCUT2D eigenvalue weighted by Gasteiger charge is 2.30. The van der Waals surface area contributed by atoms with Gasteiger partial charge in [0, 0.05) is 25.7 Å². The first-order valence-corrected chi connectivity index (χ1v) is 35.2. The largest absolute Gasteiger partial charge is 0.472 e. The molecule has 3 N–H and O–H groups in total. The maximum absolute atomic E-state index is 12.9. The number of phosphoric ester groups is 2. The van der Waals surface area contributed by atoms with Crippen LogP contribution in [-0.2, 0) is 65.4 Å². The van der Waals surface area contributed by atoms with E-state index in [0.29, 0.717) is 43.4 Å². The Morgan fingerprint density at radius 3 is 0.877 bits per heavy atom. The van der Waals surface area contributed by atoms with Gasteiger partial charge in [0.2, 0.25) is 0 Å². The third kappa shape index (κ3) is 55.7. The number of aliphatic hydroxyl groups excluding tert-OH is 1. The number of hydrogen-bond donors (Lipinski definition) is 3. The fraction of sp³-hybridized carbons (Fsp3) is 0.935. The molecule has 0 amide bonds. The summed E-state index contributed by atoms with van der Waals surface area (Å²) < 4.78 is 67.8. The van der Waals surface area contributed by atoms with E-state index in [1.807, 2.05) is 0 Å². The van der Waals surface area contributed by atoms with Gasteiger partial charge in [-0.1, -0.05) is 242 Å². The number of aliphatic hydroxyl groups is 1. The average molecular weight is 1200 g/mol. The van der Waals surface area contributed by atoms with Crippen LogP contribution in [0.5, 0.6) is 0 Å². The lowest BCUT2D eigenvalue weighted by atomic mass is 9.99. The molecule has 0 heterocycles. The molecule has 480 valence electrons. The van der Waals surface area contributed by atoms with E-state index in [1.54, 1.807) is 0 Å². The van der Waals surface area contributed by atoms with Crippen molar-refractivity contribution in [3.8, 4) is 0 Å². The highest BCUT2D eigenvalue weighted by Crippen LogP contribution is 2.45. The van der Waals surface area contributed by atoms with E-state index in [0.717, 1.165) is 102 Å². The second-order valence-electron chi connectivity index (χ2n) is 24.1. The van der Waals surface area contributed by atoms with Crippen LogP contribution < -0.4 is 0 Å². The average Bonchev–Trinajstić information content (AvgIpc) is 3.41. The number of phosphoric acid groups is 2. The third-order valence-corrected chi connectivity index (χ3v) is 16.3. The molecule has 17 nitrogen and oxygen atoms in total. The summed E-state index contributed by atoms with van der Waals surface area (Å²) in [6.45, 7) is 13.9. The number of unbranched alkanes of at least 4 members (excludes halogenated alkanes) is 24. The predicted octanol–water partition coefficient (Wildman–Crippen LogP) is 16.6. The molecule has 4 unspecified atom stereocenters. The van der Waals surface area contributed by atoms with Gasteiger partial charge in [-0.15, -0.1) is 0 Å². The van der Waals surface area contributed by atoms with Crippen LogP contribution in [-0.4, -0.2) is 96.7 Å². The summed E-state index contributed by atoms with van der Waals surface area (Å²) in [6.07, 6.45) is 31.0. The molecule has 0 aromatic rings. The minimum absolute atomic E-state index is 0.101. The SMILES string of the molecule is CCC(C)CCCCCCCCCCC(=O)OC[C@H](COP(=O)(O)OCC(O)COP(=O)(O)OC[C@@H](COC(=O)CCCCCCCCCC(C)C)OC(=O)CCCCCCCCCC(C)C)OC(=O)CCCCCCCCC(C)C. The second kappa shape index (κ2) is 52.4. The summed E-state index contributed by atoms with van der Waals surface area (Å²) >= 11 is 0. The van der Waals surface area contributed by atoms with Crippen molar-refractivity contribution < 1.29 is 80.2 Å². The van der Waals surface area contributed by atoms with Gasteiger partial charge in [-0.3, -0.25) is 37.3 Å². The van der Waals surface area contributed by atoms with Crippen molar-refractivity contribution in [2.45, 2.75) is 311 Å². The predicted molar refractivity (Wildman–Crippen MR) is 321 cm³/mol. The topological polar surface area (TPSA) is 237 Å². The fourth-order valence-corrected chi connectivity index (χ4v) is 10.6. The smallest absolute Gasteiger partial charge is 0.462 e. The summed E-state index contributed by atoms with van der Waals surface area (Å²) in [5.41, 5.74) is 0. The van der Waals surface area contributed by atoms with E-state index >= 15 is 0 Å². The lowest BCUT2D eigenvalue weighted by Gasteiger charge is -2.21. The molecule has 0 aliphatic carbocycles. The van der Waals surface area contributed by atoms with Crippen molar-refractivity contribution in [1.29, 1.82) is 0 Å². The quantitative estimate of drug-likeness (QED) is 0.0222. The molecule has 0 fully saturated rings. The zero-order valence-electron chi connectivity index (χ0n) is 52.4. The number of esters is 4. The van der Waals surface area contributed by atoms with E-state index in [2.05, 4.69) is 55.4 Å². The van der Waals surface area contributed by atoms with E-state index in [-0.39, 0.29) is 25.7 Å². The van der Waals surface area contributed by atoms with Crippen LogP contribution >= 0.6 is 15.6 Å². The molecule has 81 heavy (non-hydrogen) atoms. The number of carbonyl (C=O) groups excluding carboxylic acids is 4. The van der Waals surface area contributed by atoms with Crippen LogP contribution in [0.2, 0.25) is 0 Å². The summed E-state index contributed by atoms with van der Waals surface area (Å²) in [5, 5.41) is 10.5. The van der Waals surface area contributed by atoms with Crippen LogP contribution in [0.4, 0.5) is 0 Å². The minimum Gasteiger partial charge on any atom is -0.462 e. The fourth-order valence-electron chi connectivity index (χ4n) is 9.04. The summed E-state index contributed by atoms with van der Waals surface area (Å²) in [5.74, 6) is 0.700. The van der Waals surface area contributed by atoms with E-state index in [4.69, 9.17) is 37.0 Å². The first kappa shape index (κ1) is 79.1. The zero-order valence-corrected chi connectivity index (χ0v) is 54.2. The van der Waals surface area contributed by atoms with Gasteiger partial charge in [0.05, 0.1) is 26.4 Å². The maximum atomic E-state index is 12.9. The molecular formula is C62H120O17P2. The molecular weight excluding hydrogens is 1080 g/mol. The van der Waals surface area contributed by atoms with E-state index in [9.17, 15) is 43.2 Å². The van der Waals surface area contributed by atoms with Crippen molar-refractivity contribution in [2.75, 3.05) is 39.6 Å². The maximum Gasteiger partial charge on any atom is 0.472 e. The first-order valence-electron chi connectivity index (χ1n) is 32.2. The highest BCUT2D eigenvalue weighted by atomic mass is 31.2. The number of hydrogen-bond acceptors (Lipinski definition) is 15. The van der Waals surface area contributed by atoms with Gasteiger partial charge in [0.25, 0.3) is 0 Å². The van der Waals surface area contributed by atoms with Crippen LogP contribution in [0.1, 0.15) is 293 Å². The van der Waals surface area contributed by atoms with Gasteiger partial charge >= 0.3 is 39.5 Å². The Bertz CT molecular complexity index is 1630. The molecule has 0 rings (SSSR count). The molecule has 0 saturated heterocycles. The minimum atomic E-state index is -4.94. The van der Waals surface area contributed by atoms with Crippen molar-refractivity contribution in [3.63, 3.8) is 0 Å². The lowest BCUT2D eigenvalue weighted by molar-refractivity contribution is -0.161. The van der Waals surface area contributed by atoms with E-state index in [1.165, 1.54) is 89.9 Å². The van der Waals surface area contributed by atoms with Crippen LogP contribution in [0, 0.1) is 23.7 Å². The van der Waals surface area contributed by atoms with Gasteiger partial charge in [-0.05, 0) is 49.4 Å². The number of ether oxygens (including phenoxy) is 4. The Morgan fingerprint density at radius 1 is 0.346 bits per heavy atom. The van der Waals surface area contributed by atoms with Crippen molar-refractivity contribution in [3.05, 3.63) is 0 Å². The van der Waals surface area contributed by atoms with Gasteiger partial charge < -0.3 is 33.8 Å². The number of carbonyl (C=O) groups is 4.